The van der Waals surface area contributed by atoms with Crippen LogP contribution in [0.25, 0.3) is 0 Å². The average molecular weight is 404 g/mol. The molecular weight excluding hydrogens is 386 g/mol. The summed E-state index contributed by atoms with van der Waals surface area (Å²) in [5, 5.41) is 4.60. The van der Waals surface area contributed by atoms with Crippen LogP contribution in [0.3, 0.4) is 0 Å². The van der Waals surface area contributed by atoms with E-state index in [1.54, 1.807) is 0 Å². The third-order valence-corrected chi connectivity index (χ3v) is 4.31. The fraction of sp³-hybridized carbons (Fsp3) is 0. The predicted octanol–water partition coefficient (Wildman–Crippen LogP) is 5.25. The lowest BCUT2D eigenvalue weighted by Crippen LogP contribution is -2.26. The number of hydrogen-bond donors (Lipinski definition) is 3. The summed E-state index contributed by atoms with van der Waals surface area (Å²) in [6, 6.07) is 22.5. The number of halogens is 2. The molecule has 0 amide bonds. The van der Waals surface area contributed by atoms with Crippen molar-refractivity contribution in [1.82, 2.24) is 9.97 Å². The van der Waals surface area contributed by atoms with E-state index in [0.717, 1.165) is 23.5 Å². The van der Waals surface area contributed by atoms with Crippen LogP contribution < -0.4 is 21.5 Å². The van der Waals surface area contributed by atoms with Gasteiger partial charge in [0, 0.05) is 6.07 Å². The maximum absolute atomic E-state index is 14.0. The smallest absolute Gasteiger partial charge is 0.173 e. The highest BCUT2D eigenvalue weighted by Crippen LogP contribution is 2.31. The Morgan fingerprint density at radius 2 is 1.37 bits per heavy atom. The van der Waals surface area contributed by atoms with Crippen molar-refractivity contribution in [3.63, 3.8) is 0 Å². The second-order valence-electron chi connectivity index (χ2n) is 6.35. The number of para-hydroxylation sites is 2. The van der Waals surface area contributed by atoms with E-state index in [1.807, 2.05) is 65.7 Å². The third kappa shape index (κ3) is 4.12. The first-order valence-corrected chi connectivity index (χ1v) is 9.11. The molecule has 4 rings (SSSR count). The van der Waals surface area contributed by atoms with E-state index in [0.29, 0.717) is 5.82 Å². The van der Waals surface area contributed by atoms with Gasteiger partial charge in [0.2, 0.25) is 0 Å². The third-order valence-electron chi connectivity index (χ3n) is 4.31. The van der Waals surface area contributed by atoms with Crippen molar-refractivity contribution in [2.45, 2.75) is 0 Å². The molecule has 3 aromatic carbocycles. The van der Waals surface area contributed by atoms with E-state index >= 15 is 0 Å². The van der Waals surface area contributed by atoms with Gasteiger partial charge in [0.25, 0.3) is 0 Å². The molecule has 4 aromatic rings. The van der Waals surface area contributed by atoms with Crippen LogP contribution >= 0.6 is 0 Å². The lowest BCUT2D eigenvalue weighted by molar-refractivity contribution is 0.586. The first-order chi connectivity index (χ1) is 14.6. The summed E-state index contributed by atoms with van der Waals surface area (Å²) in [5.74, 6) is -0.906. The molecule has 0 aliphatic carbocycles. The highest BCUT2D eigenvalue weighted by atomic mass is 19.1. The van der Waals surface area contributed by atoms with Crippen LogP contribution in [0.15, 0.2) is 85.2 Å². The minimum atomic E-state index is -0.752. The standard InChI is InChI=1S/C22H18F2N6/c23-15-11-12-19(18(24)13-15)28-21-20(25)22(27-14-26-21)29-30(16-7-3-1-4-8-16)17-9-5-2-6-10-17/h1-14H,25H2,(H2,26,27,28,29). The molecule has 1 heterocycles. The number of benzene rings is 3. The monoisotopic (exact) mass is 404 g/mol. The molecule has 30 heavy (non-hydrogen) atoms. The number of hydrogen-bond acceptors (Lipinski definition) is 6. The summed E-state index contributed by atoms with van der Waals surface area (Å²) in [7, 11) is 0. The Kier molecular flexibility index (Phi) is 5.38. The summed E-state index contributed by atoms with van der Waals surface area (Å²) < 4.78 is 27.2. The van der Waals surface area contributed by atoms with Crippen molar-refractivity contribution in [2.24, 2.45) is 0 Å². The minimum Gasteiger partial charge on any atom is -0.393 e. The highest BCUT2D eigenvalue weighted by Gasteiger charge is 2.15. The van der Waals surface area contributed by atoms with Gasteiger partial charge in [0.15, 0.2) is 11.6 Å². The largest absolute Gasteiger partial charge is 0.393 e. The van der Waals surface area contributed by atoms with Crippen molar-refractivity contribution in [3.05, 3.63) is 96.8 Å². The SMILES string of the molecule is Nc1c(Nc2ccc(F)cc2F)ncnc1NN(c1ccccc1)c1ccccc1. The second kappa shape index (κ2) is 8.44. The van der Waals surface area contributed by atoms with Gasteiger partial charge in [-0.15, -0.1) is 0 Å². The molecule has 4 N–H and O–H groups in total. The molecule has 0 aliphatic heterocycles. The zero-order valence-corrected chi connectivity index (χ0v) is 15.8. The van der Waals surface area contributed by atoms with Crippen LogP contribution in [0.5, 0.6) is 0 Å². The molecule has 6 nitrogen and oxygen atoms in total. The number of nitrogen functional groups attached to an aromatic ring is 1. The van der Waals surface area contributed by atoms with Crippen LogP contribution in [-0.2, 0) is 0 Å². The van der Waals surface area contributed by atoms with Gasteiger partial charge in [-0.05, 0) is 36.4 Å². The molecule has 0 atom stereocenters. The van der Waals surface area contributed by atoms with Gasteiger partial charge >= 0.3 is 0 Å². The summed E-state index contributed by atoms with van der Waals surface area (Å²) in [6.45, 7) is 0. The van der Waals surface area contributed by atoms with E-state index in [4.69, 9.17) is 5.73 Å². The van der Waals surface area contributed by atoms with Gasteiger partial charge in [-0.3, -0.25) is 10.4 Å². The zero-order valence-electron chi connectivity index (χ0n) is 15.8. The van der Waals surface area contributed by atoms with Crippen LogP contribution in [0.1, 0.15) is 0 Å². The molecule has 0 radical (unpaired) electrons. The van der Waals surface area contributed by atoms with Crippen molar-refractivity contribution in [3.8, 4) is 0 Å². The molecule has 8 heteroatoms. The van der Waals surface area contributed by atoms with Gasteiger partial charge in [0.1, 0.15) is 23.6 Å². The van der Waals surface area contributed by atoms with E-state index in [1.165, 1.54) is 12.4 Å². The van der Waals surface area contributed by atoms with Crippen LogP contribution in [0.2, 0.25) is 0 Å². The number of nitrogens with zero attached hydrogens (tertiary/aromatic N) is 3. The fourth-order valence-electron chi connectivity index (χ4n) is 2.84. The van der Waals surface area contributed by atoms with Crippen LogP contribution in [0.4, 0.5) is 43.2 Å². The topological polar surface area (TPSA) is 79.1 Å². The number of rotatable bonds is 6. The fourth-order valence-corrected chi connectivity index (χ4v) is 2.84. The minimum absolute atomic E-state index is 0.0516. The number of nitrogens with two attached hydrogens (primary N) is 1. The van der Waals surface area contributed by atoms with Crippen LogP contribution in [0, 0.1) is 11.6 Å². The number of aromatic nitrogens is 2. The van der Waals surface area contributed by atoms with Gasteiger partial charge < -0.3 is 11.1 Å². The number of nitrogens with one attached hydrogen (secondary N) is 2. The van der Waals surface area contributed by atoms with Gasteiger partial charge in [-0.25, -0.2) is 18.7 Å². The summed E-state index contributed by atoms with van der Waals surface area (Å²) in [4.78, 5) is 8.31. The summed E-state index contributed by atoms with van der Waals surface area (Å²) >= 11 is 0. The molecule has 150 valence electrons. The number of anilines is 6. The Bertz CT molecular complexity index is 1100. The Labute approximate surface area is 172 Å². The molecule has 0 fully saturated rings. The Hall–Kier alpha value is -4.20. The van der Waals surface area contributed by atoms with Gasteiger partial charge in [-0.1, -0.05) is 36.4 Å². The van der Waals surface area contributed by atoms with E-state index < -0.39 is 11.6 Å². The maximum atomic E-state index is 14.0. The molecular formula is C22H18F2N6. The molecule has 0 saturated carbocycles. The first kappa shape index (κ1) is 19.1. The van der Waals surface area contributed by atoms with E-state index in [9.17, 15) is 8.78 Å². The average Bonchev–Trinajstić information content (AvgIpc) is 2.77. The van der Waals surface area contributed by atoms with E-state index in [-0.39, 0.29) is 17.2 Å². The van der Waals surface area contributed by atoms with Crippen molar-refractivity contribution in [2.75, 3.05) is 21.5 Å². The quantitative estimate of drug-likeness (QED) is 0.381. The van der Waals surface area contributed by atoms with Crippen LogP contribution in [-0.4, -0.2) is 9.97 Å². The summed E-state index contributed by atoms with van der Waals surface area (Å²) in [6.07, 6.45) is 1.30. The molecule has 0 saturated heterocycles. The normalized spacial score (nSPS) is 10.5. The Balaban J connectivity index is 1.67. The lowest BCUT2D eigenvalue weighted by Gasteiger charge is -2.26. The molecule has 0 spiro atoms. The second-order valence-corrected chi connectivity index (χ2v) is 6.35. The molecule has 0 unspecified atom stereocenters. The summed E-state index contributed by atoms with van der Waals surface area (Å²) in [5.41, 5.74) is 11.4. The van der Waals surface area contributed by atoms with Gasteiger partial charge in [-0.2, -0.15) is 0 Å². The molecule has 1 aromatic heterocycles. The lowest BCUT2D eigenvalue weighted by atomic mass is 10.2. The molecule has 0 aliphatic rings. The molecule has 0 bridgehead atoms. The van der Waals surface area contributed by atoms with Crippen molar-refractivity contribution < 1.29 is 8.78 Å². The van der Waals surface area contributed by atoms with Crippen molar-refractivity contribution >= 4 is 34.4 Å². The Morgan fingerprint density at radius 1 is 0.767 bits per heavy atom. The zero-order chi connectivity index (χ0) is 20.9. The van der Waals surface area contributed by atoms with Crippen molar-refractivity contribution in [1.29, 1.82) is 0 Å². The van der Waals surface area contributed by atoms with Gasteiger partial charge in [0.05, 0.1) is 17.1 Å². The highest BCUT2D eigenvalue weighted by molar-refractivity contribution is 5.80. The predicted molar refractivity (Wildman–Crippen MR) is 115 cm³/mol. The maximum Gasteiger partial charge on any atom is 0.173 e. The first-order valence-electron chi connectivity index (χ1n) is 9.11. The number of hydrazine groups is 1. The Morgan fingerprint density at radius 3 is 1.97 bits per heavy atom. The van der Waals surface area contributed by atoms with E-state index in [2.05, 4.69) is 20.7 Å².